The Labute approximate surface area is 162 Å². The molecule has 0 bridgehead atoms. The highest BCUT2D eigenvalue weighted by Crippen LogP contribution is 2.32. The first kappa shape index (κ1) is 20.5. The molecule has 1 N–H and O–H groups in total. The molecule has 0 aliphatic rings. The lowest BCUT2D eigenvalue weighted by Crippen LogP contribution is -2.25. The number of alkyl halides is 4. The second-order valence-electron chi connectivity index (χ2n) is 6.16. The van der Waals surface area contributed by atoms with Gasteiger partial charge in [0.15, 0.2) is 0 Å². The zero-order chi connectivity index (χ0) is 21.2. The molecule has 3 heterocycles. The van der Waals surface area contributed by atoms with Crippen molar-refractivity contribution in [2.75, 3.05) is 20.3 Å². The molecule has 0 unspecified atom stereocenters. The molecule has 0 saturated carbocycles. The molecule has 0 atom stereocenters. The van der Waals surface area contributed by atoms with Crippen LogP contribution in [-0.2, 0) is 12.7 Å². The van der Waals surface area contributed by atoms with Crippen molar-refractivity contribution in [1.29, 1.82) is 0 Å². The van der Waals surface area contributed by atoms with Crippen LogP contribution in [0.5, 0.6) is 5.88 Å². The maximum atomic E-state index is 13.2. The fraction of sp³-hybridized carbons (Fsp3) is 0.333. The summed E-state index contributed by atoms with van der Waals surface area (Å²) in [7, 11) is 1.44. The Morgan fingerprint density at radius 1 is 1.28 bits per heavy atom. The van der Waals surface area contributed by atoms with Crippen LogP contribution in [0.15, 0.2) is 24.8 Å². The van der Waals surface area contributed by atoms with Gasteiger partial charge in [-0.05, 0) is 13.0 Å². The van der Waals surface area contributed by atoms with Gasteiger partial charge < -0.3 is 14.6 Å². The van der Waals surface area contributed by atoms with Crippen LogP contribution >= 0.6 is 0 Å². The van der Waals surface area contributed by atoms with Crippen LogP contribution in [0.4, 0.5) is 17.6 Å². The summed E-state index contributed by atoms with van der Waals surface area (Å²) in [5.41, 5.74) is 0.384. The first-order valence-electron chi connectivity index (χ1n) is 8.51. The van der Waals surface area contributed by atoms with Crippen LogP contribution in [-0.4, -0.2) is 45.8 Å². The summed E-state index contributed by atoms with van der Waals surface area (Å²) in [5, 5.41) is 2.36. The zero-order valence-corrected chi connectivity index (χ0v) is 15.5. The monoisotopic (exact) mass is 411 g/mol. The van der Waals surface area contributed by atoms with Crippen LogP contribution in [0.25, 0.3) is 11.0 Å². The van der Waals surface area contributed by atoms with E-state index in [0.29, 0.717) is 23.3 Å². The van der Waals surface area contributed by atoms with E-state index in [1.54, 1.807) is 6.92 Å². The molecule has 0 radical (unpaired) electrons. The fourth-order valence-corrected chi connectivity index (χ4v) is 2.87. The van der Waals surface area contributed by atoms with Gasteiger partial charge in [0.05, 0.1) is 36.0 Å². The minimum absolute atomic E-state index is 0.0425. The Kier molecular flexibility index (Phi) is 5.66. The third kappa shape index (κ3) is 4.13. The molecule has 29 heavy (non-hydrogen) atoms. The summed E-state index contributed by atoms with van der Waals surface area (Å²) in [4.78, 5) is 24.3. The van der Waals surface area contributed by atoms with Gasteiger partial charge in [-0.1, -0.05) is 0 Å². The smallest absolute Gasteiger partial charge is 0.417 e. The molecule has 0 aromatic carbocycles. The Bertz CT molecular complexity index is 1050. The standard InChI is InChI=1S/C18H17F4N5O2/c1-10-13(25-9-26-17(10)29-2)8-27-7-12(16(28)23-4-3-19)15-14(27)5-11(6-24-15)18(20,21)22/h5-7,9H,3-4,8H2,1-2H3,(H,23,28). The molecular weight excluding hydrogens is 394 g/mol. The molecule has 0 aliphatic carbocycles. The number of carbonyl (C=O) groups excluding carboxylic acids is 1. The number of pyridine rings is 1. The number of methoxy groups -OCH3 is 1. The zero-order valence-electron chi connectivity index (χ0n) is 15.5. The van der Waals surface area contributed by atoms with Crippen molar-refractivity contribution in [1.82, 2.24) is 24.8 Å². The number of ether oxygens (including phenoxy) is 1. The fourth-order valence-electron chi connectivity index (χ4n) is 2.87. The highest BCUT2D eigenvalue weighted by molar-refractivity contribution is 6.05. The number of fused-ring (bicyclic) bond motifs is 1. The number of hydrogen-bond donors (Lipinski definition) is 1. The van der Waals surface area contributed by atoms with Gasteiger partial charge in [0.25, 0.3) is 5.91 Å². The highest BCUT2D eigenvalue weighted by atomic mass is 19.4. The van der Waals surface area contributed by atoms with Crippen molar-refractivity contribution in [3.8, 4) is 5.88 Å². The molecule has 0 aliphatic heterocycles. The van der Waals surface area contributed by atoms with Crippen molar-refractivity contribution < 1.29 is 27.1 Å². The molecule has 7 nitrogen and oxygen atoms in total. The summed E-state index contributed by atoms with van der Waals surface area (Å²) in [5.74, 6) is -0.294. The second kappa shape index (κ2) is 8.02. The average Bonchev–Trinajstić information content (AvgIpc) is 3.05. The SMILES string of the molecule is COc1ncnc(Cn2cc(C(=O)NCCF)c3ncc(C(F)(F)F)cc32)c1C. The topological polar surface area (TPSA) is 81.9 Å². The summed E-state index contributed by atoms with van der Waals surface area (Å²) < 4.78 is 58.5. The quantitative estimate of drug-likeness (QED) is 0.631. The van der Waals surface area contributed by atoms with Crippen molar-refractivity contribution in [3.05, 3.63) is 47.2 Å². The van der Waals surface area contributed by atoms with Gasteiger partial charge in [-0.15, -0.1) is 0 Å². The minimum Gasteiger partial charge on any atom is -0.481 e. The maximum Gasteiger partial charge on any atom is 0.417 e. The van der Waals surface area contributed by atoms with E-state index < -0.39 is 24.3 Å². The van der Waals surface area contributed by atoms with E-state index in [0.717, 1.165) is 6.07 Å². The summed E-state index contributed by atoms with van der Waals surface area (Å²) in [6.45, 7) is 0.791. The van der Waals surface area contributed by atoms with Crippen molar-refractivity contribution >= 4 is 16.9 Å². The lowest BCUT2D eigenvalue weighted by Gasteiger charge is -2.11. The number of aromatic nitrogens is 4. The predicted octanol–water partition coefficient (Wildman–Crippen LogP) is 2.91. The van der Waals surface area contributed by atoms with E-state index >= 15 is 0 Å². The Balaban J connectivity index is 2.13. The molecule has 0 fully saturated rings. The lowest BCUT2D eigenvalue weighted by molar-refractivity contribution is -0.137. The van der Waals surface area contributed by atoms with Crippen LogP contribution < -0.4 is 10.1 Å². The summed E-state index contributed by atoms with van der Waals surface area (Å²) >= 11 is 0. The number of nitrogens with zero attached hydrogens (tertiary/aromatic N) is 4. The molecule has 11 heteroatoms. The second-order valence-corrected chi connectivity index (χ2v) is 6.16. The Morgan fingerprint density at radius 3 is 2.69 bits per heavy atom. The van der Waals surface area contributed by atoms with Gasteiger partial charge in [0.1, 0.15) is 18.5 Å². The van der Waals surface area contributed by atoms with E-state index in [1.165, 1.54) is 24.2 Å². The minimum atomic E-state index is -4.60. The molecular formula is C18H17F4N5O2. The third-order valence-electron chi connectivity index (χ3n) is 4.32. The van der Waals surface area contributed by atoms with E-state index in [2.05, 4.69) is 20.3 Å². The first-order valence-corrected chi connectivity index (χ1v) is 8.51. The van der Waals surface area contributed by atoms with Crippen LogP contribution in [0.3, 0.4) is 0 Å². The molecule has 0 spiro atoms. The van der Waals surface area contributed by atoms with Gasteiger partial charge >= 0.3 is 6.18 Å². The van der Waals surface area contributed by atoms with E-state index in [4.69, 9.17) is 4.74 Å². The maximum absolute atomic E-state index is 13.2. The molecule has 0 saturated heterocycles. The number of amides is 1. The van der Waals surface area contributed by atoms with Gasteiger partial charge in [-0.25, -0.2) is 14.4 Å². The lowest BCUT2D eigenvalue weighted by atomic mass is 10.2. The number of rotatable bonds is 6. The predicted molar refractivity (Wildman–Crippen MR) is 95.5 cm³/mol. The molecule has 3 aromatic rings. The molecule has 3 rings (SSSR count). The summed E-state index contributed by atoms with van der Waals surface area (Å²) in [6.07, 6.45) is -1.28. The van der Waals surface area contributed by atoms with Gasteiger partial charge in [0, 0.05) is 24.5 Å². The number of nitrogens with one attached hydrogen (secondary N) is 1. The van der Waals surface area contributed by atoms with E-state index in [9.17, 15) is 22.4 Å². The number of halogens is 4. The van der Waals surface area contributed by atoms with Gasteiger partial charge in [0.2, 0.25) is 5.88 Å². The largest absolute Gasteiger partial charge is 0.481 e. The van der Waals surface area contributed by atoms with Crippen LogP contribution in [0.2, 0.25) is 0 Å². The third-order valence-corrected chi connectivity index (χ3v) is 4.32. The molecule has 154 valence electrons. The number of hydrogen-bond acceptors (Lipinski definition) is 5. The Hall–Kier alpha value is -3.24. The van der Waals surface area contributed by atoms with Crippen molar-refractivity contribution in [2.45, 2.75) is 19.6 Å². The molecule has 1 amide bonds. The average molecular weight is 411 g/mol. The number of carbonyl (C=O) groups is 1. The van der Waals surface area contributed by atoms with E-state index in [-0.39, 0.29) is 29.7 Å². The van der Waals surface area contributed by atoms with Gasteiger partial charge in [-0.3, -0.25) is 9.78 Å². The van der Waals surface area contributed by atoms with Crippen LogP contribution in [0, 0.1) is 6.92 Å². The molecule has 3 aromatic heterocycles. The Morgan fingerprint density at radius 2 is 2.03 bits per heavy atom. The van der Waals surface area contributed by atoms with Crippen molar-refractivity contribution in [3.63, 3.8) is 0 Å². The first-order chi connectivity index (χ1) is 13.8. The van der Waals surface area contributed by atoms with Crippen molar-refractivity contribution in [2.24, 2.45) is 0 Å². The normalized spacial score (nSPS) is 11.7. The van der Waals surface area contributed by atoms with E-state index in [1.807, 2.05) is 0 Å². The van der Waals surface area contributed by atoms with Gasteiger partial charge in [-0.2, -0.15) is 13.2 Å². The summed E-state index contributed by atoms with van der Waals surface area (Å²) in [6, 6.07) is 0.919. The highest BCUT2D eigenvalue weighted by Gasteiger charge is 2.32. The van der Waals surface area contributed by atoms with Crippen LogP contribution in [0.1, 0.15) is 27.2 Å².